The molecule has 2 unspecified atom stereocenters. The lowest BCUT2D eigenvalue weighted by Gasteiger charge is -2.41. The number of imidazole rings is 2. The van der Waals surface area contributed by atoms with Crippen molar-refractivity contribution >= 4 is 82.1 Å². The van der Waals surface area contributed by atoms with Crippen LogP contribution in [0.15, 0.2) is 133 Å². The number of thioether (sulfide) groups is 1. The topological polar surface area (TPSA) is 336 Å². The number of fused-ring (bicyclic) bond motifs is 4. The third-order valence-corrected chi connectivity index (χ3v) is 24.8. The van der Waals surface area contributed by atoms with Crippen molar-refractivity contribution in [2.24, 2.45) is 5.92 Å². The predicted molar refractivity (Wildman–Crippen MR) is 345 cm³/mol. The van der Waals surface area contributed by atoms with Gasteiger partial charge in [0.1, 0.15) is 52.7 Å². The van der Waals surface area contributed by atoms with Gasteiger partial charge in [-0.2, -0.15) is 10.2 Å². The largest absolute Gasteiger partial charge is 0.497 e. The maximum Gasteiger partial charge on any atom is 0.475 e. The van der Waals surface area contributed by atoms with Gasteiger partial charge in [-0.3, -0.25) is 52.0 Å². The SMILES string of the molecule is COc1ccc(C(OC[C@@]23CO[C@@H]([C@H](n4cnc5c(NC(=O)c6ccccc6)ncnc54)O2)[C@@H]3OP(=O)(OCCC#N)OC[C@H]2S[C@@H](n3cnc4c(=O)[nH]c(NC(=O)C(C)C)nc43)[C@H](O[PH](=O)O)[C@@H]2O[Si](C)(C)C(C)(C)C)(c2ccccc2)c2ccc(OC)cc2)cc1. The van der Waals surface area contributed by atoms with Crippen LogP contribution < -0.4 is 25.7 Å². The number of methoxy groups -OCH3 is 2. The number of amides is 2. The molecule has 7 heterocycles. The quantitative estimate of drug-likeness (QED) is 0.0169. The van der Waals surface area contributed by atoms with Crippen molar-refractivity contribution in [3.63, 3.8) is 0 Å². The maximum absolute atomic E-state index is 16.1. The molecule has 0 spiro atoms. The number of hydrogen-bond donors (Lipinski definition) is 4. The molecule has 27 nitrogen and oxygen atoms in total. The molecule has 93 heavy (non-hydrogen) atoms. The van der Waals surface area contributed by atoms with Gasteiger partial charge in [-0.05, 0) is 71.2 Å². The number of nitrogens with zero attached hydrogens (tertiary/aromatic N) is 8. The fourth-order valence-electron chi connectivity index (χ4n) is 11.1. The second-order valence-electron chi connectivity index (χ2n) is 24.2. The van der Waals surface area contributed by atoms with Gasteiger partial charge >= 0.3 is 16.1 Å². The minimum Gasteiger partial charge on any atom is -0.497 e. The third-order valence-electron chi connectivity index (χ3n) is 16.9. The van der Waals surface area contributed by atoms with E-state index in [0.717, 1.165) is 11.8 Å². The van der Waals surface area contributed by atoms with E-state index in [1.165, 1.54) is 23.5 Å². The molecule has 3 aliphatic rings. The molecule has 0 saturated carbocycles. The molecule has 0 radical (unpaired) electrons. The lowest BCUT2D eigenvalue weighted by molar-refractivity contribution is -0.202. The van der Waals surface area contributed by atoms with Crippen LogP contribution in [0, 0.1) is 17.2 Å². The number of ether oxygens (including phenoxy) is 5. The van der Waals surface area contributed by atoms with E-state index in [4.69, 9.17) is 46.2 Å². The normalized spacial score (nSPS) is 22.4. The summed E-state index contributed by atoms with van der Waals surface area (Å²) in [5, 5.41) is 13.0. The molecule has 2 amide bonds. The van der Waals surface area contributed by atoms with Gasteiger partial charge in [-0.25, -0.2) is 24.5 Å². The van der Waals surface area contributed by atoms with E-state index in [0.29, 0.717) is 33.8 Å². The molecule has 3 saturated heterocycles. The molecule has 2 bridgehead atoms. The van der Waals surface area contributed by atoms with Gasteiger partial charge in [-0.1, -0.05) is 107 Å². The van der Waals surface area contributed by atoms with E-state index < -0.39 is 118 Å². The Morgan fingerprint density at radius 1 is 0.871 bits per heavy atom. The van der Waals surface area contributed by atoms with Crippen LogP contribution in [0.4, 0.5) is 11.8 Å². The van der Waals surface area contributed by atoms with Gasteiger partial charge in [-0.15, -0.1) is 11.8 Å². The number of carbonyl (C=O) groups excluding carboxylic acids is 2. The summed E-state index contributed by atoms with van der Waals surface area (Å²) in [5.74, 6) is -0.223. The van der Waals surface area contributed by atoms with Crippen LogP contribution in [0.3, 0.4) is 0 Å². The molecule has 8 aromatic rings. The van der Waals surface area contributed by atoms with Crippen LogP contribution in [-0.2, 0) is 56.3 Å². The van der Waals surface area contributed by atoms with Crippen molar-refractivity contribution in [1.29, 1.82) is 5.26 Å². The second-order valence-corrected chi connectivity index (χ2v) is 32.7. The van der Waals surface area contributed by atoms with Gasteiger partial charge in [0.05, 0.1) is 77.1 Å². The van der Waals surface area contributed by atoms with Crippen LogP contribution in [-0.4, -0.2) is 140 Å². The molecular formula is C62H71N11O16P2SSi. The van der Waals surface area contributed by atoms with E-state index >= 15 is 4.57 Å². The number of anilines is 2. The number of hydrogen-bond acceptors (Lipinski definition) is 22. The Labute approximate surface area is 540 Å². The van der Waals surface area contributed by atoms with Gasteiger partial charge in [0.2, 0.25) is 11.9 Å². The van der Waals surface area contributed by atoms with E-state index in [9.17, 15) is 29.1 Å². The Kier molecular flexibility index (Phi) is 19.7. The first-order valence-corrected chi connectivity index (χ1v) is 36.4. The first-order valence-electron chi connectivity index (χ1n) is 29.8. The summed E-state index contributed by atoms with van der Waals surface area (Å²) in [6.45, 7) is 11.8. The number of H-pyrrole nitrogens is 1. The minimum atomic E-state index is -5.01. The average Bonchev–Trinajstić information content (AvgIpc) is 1.61. The van der Waals surface area contributed by atoms with Gasteiger partial charge in [0.15, 0.2) is 42.7 Å². The van der Waals surface area contributed by atoms with Crippen molar-refractivity contribution in [2.45, 2.75) is 112 Å². The second kappa shape index (κ2) is 27.4. The standard InChI is InChI=1S/C62H71N11O16P2SSi/c1-37(2)54(74)70-59-69-53-46(56(76)71-59)67-36-73(53)58-48(87-90(77)78)47(89-93(8,9)60(3,4)5)44(92-58)31-85-91(79,84-30-16-29-63)88-50-49-57(72-35-66-45-51(64-34-65-52(45)72)68-55(75)38-17-12-10-13-18-38)86-61(50,32-82-49)33-83-62(39-19-14-11-15-20-39,40-21-25-42(80-6)26-22-40)41-23-27-43(81-7)28-24-41/h10-15,17-28,34-37,44,47-50,57-58,90H,16,30-33H2,1-9H3,(H,77,78)(H,64,65,68,75)(H2,69,70,71,74,76)/t44-,47-,48-,49-,50+,57-,58-,61-,91?/m1/s1. The van der Waals surface area contributed by atoms with Gasteiger partial charge in [0.25, 0.3) is 11.5 Å². The Bertz CT molecular complexity index is 4130. The highest BCUT2D eigenvalue weighted by Crippen LogP contribution is 2.60. The summed E-state index contributed by atoms with van der Waals surface area (Å²) in [6.07, 6.45) is -2.34. The summed E-state index contributed by atoms with van der Waals surface area (Å²) in [6, 6.07) is 35.0. The maximum atomic E-state index is 16.1. The molecular weight excluding hydrogens is 1280 g/mol. The number of carbonyl (C=O) groups is 2. The Morgan fingerprint density at radius 3 is 2.13 bits per heavy atom. The lowest BCUT2D eigenvalue weighted by Crippen LogP contribution is -2.50. The van der Waals surface area contributed by atoms with Crippen molar-refractivity contribution in [3.8, 4) is 17.6 Å². The van der Waals surface area contributed by atoms with Crippen LogP contribution >= 0.6 is 27.8 Å². The fourth-order valence-corrected chi connectivity index (χ4v) is 16.2. The van der Waals surface area contributed by atoms with Crippen LogP contribution in [0.5, 0.6) is 11.5 Å². The van der Waals surface area contributed by atoms with Crippen molar-refractivity contribution in [3.05, 3.63) is 161 Å². The zero-order valence-corrected chi connectivity index (χ0v) is 56.0. The van der Waals surface area contributed by atoms with E-state index in [1.807, 2.05) is 119 Å². The Balaban J connectivity index is 1.00. The van der Waals surface area contributed by atoms with Crippen molar-refractivity contribution < 1.29 is 69.8 Å². The number of aromatic nitrogens is 8. The summed E-state index contributed by atoms with van der Waals surface area (Å²) >= 11 is 1.14. The fraction of sp³-hybridized carbons (Fsp3) is 0.403. The highest BCUT2D eigenvalue weighted by molar-refractivity contribution is 8.00. The number of benzene rings is 4. The molecule has 3 fully saturated rings. The highest BCUT2D eigenvalue weighted by Gasteiger charge is 2.66. The molecule has 3 aliphatic heterocycles. The number of rotatable bonds is 26. The molecule has 31 heteroatoms. The van der Waals surface area contributed by atoms with E-state index in [2.05, 4.69) is 40.5 Å². The summed E-state index contributed by atoms with van der Waals surface area (Å²) in [5.41, 5.74) is -1.08. The molecule has 4 aromatic heterocycles. The van der Waals surface area contributed by atoms with Gasteiger partial charge in [0, 0.05) is 11.5 Å². The number of nitriles is 1. The van der Waals surface area contributed by atoms with E-state index in [1.54, 1.807) is 63.0 Å². The zero-order chi connectivity index (χ0) is 66.0. The number of nitrogens with one attached hydrogen (secondary N) is 3. The molecule has 0 aliphatic carbocycles. The Hall–Kier alpha value is -7.52. The minimum absolute atomic E-state index is 0.00217. The Morgan fingerprint density at radius 2 is 1.51 bits per heavy atom. The third kappa shape index (κ3) is 13.6. The predicted octanol–water partition coefficient (Wildman–Crippen LogP) is 9.71. The molecule has 490 valence electrons. The molecule has 11 rings (SSSR count). The van der Waals surface area contributed by atoms with Crippen molar-refractivity contribution in [2.75, 3.05) is 51.3 Å². The van der Waals surface area contributed by atoms with Crippen molar-refractivity contribution in [1.82, 2.24) is 39.0 Å². The first-order chi connectivity index (χ1) is 44.5. The monoisotopic (exact) mass is 1350 g/mol. The molecule has 10 atom stereocenters. The van der Waals surface area contributed by atoms with Crippen LogP contribution in [0.25, 0.3) is 22.3 Å². The number of phosphoric ester groups is 1. The molecule has 4 N–H and O–H groups in total. The smallest absolute Gasteiger partial charge is 0.475 e. The average molecular weight is 1350 g/mol. The summed E-state index contributed by atoms with van der Waals surface area (Å²) in [4.78, 5) is 75.7. The van der Waals surface area contributed by atoms with Crippen LogP contribution in [0.1, 0.15) is 79.7 Å². The number of aromatic amines is 1. The first kappa shape index (κ1) is 66.9. The molecule has 4 aromatic carbocycles. The van der Waals surface area contributed by atoms with Gasteiger partial charge < -0.3 is 42.8 Å². The van der Waals surface area contributed by atoms with E-state index in [-0.39, 0.29) is 53.7 Å². The summed E-state index contributed by atoms with van der Waals surface area (Å²) < 4.78 is 97.7. The number of phosphoric acid groups is 1. The zero-order valence-electron chi connectivity index (χ0n) is 52.3. The summed E-state index contributed by atoms with van der Waals surface area (Å²) in [7, 11) is -8.52. The highest BCUT2D eigenvalue weighted by atomic mass is 32.2. The van der Waals surface area contributed by atoms with Crippen LogP contribution in [0.2, 0.25) is 18.1 Å². The lowest BCUT2D eigenvalue weighted by atomic mass is 9.79.